The summed E-state index contributed by atoms with van der Waals surface area (Å²) >= 11 is 3.39. The van der Waals surface area contributed by atoms with Crippen LogP contribution in [0.2, 0.25) is 0 Å². The molecule has 1 aromatic rings. The van der Waals surface area contributed by atoms with Gasteiger partial charge >= 0.3 is 12.0 Å². The summed E-state index contributed by atoms with van der Waals surface area (Å²) in [6, 6.07) is 5.59. The standard InChI is InChI=1S/C15H21BrN2O4/c1-18(9-7-14(19)20)15(21)17-8-3-4-11-5-6-12(16)10-13(11)22-2/h5-6,10H,3-4,7-9H2,1-2H3,(H,17,21)(H,19,20). The molecule has 0 fully saturated rings. The molecule has 2 amide bonds. The van der Waals surface area contributed by atoms with Crippen LogP contribution in [-0.4, -0.2) is 49.3 Å². The highest BCUT2D eigenvalue weighted by atomic mass is 79.9. The molecule has 0 aliphatic carbocycles. The van der Waals surface area contributed by atoms with Crippen molar-refractivity contribution < 1.29 is 19.4 Å². The van der Waals surface area contributed by atoms with E-state index in [0.717, 1.165) is 28.6 Å². The van der Waals surface area contributed by atoms with Crippen molar-refractivity contribution in [1.29, 1.82) is 0 Å². The van der Waals surface area contributed by atoms with Gasteiger partial charge in [0, 0.05) is 24.6 Å². The predicted octanol–water partition coefficient (Wildman–Crippen LogP) is 2.51. The van der Waals surface area contributed by atoms with E-state index in [9.17, 15) is 9.59 Å². The van der Waals surface area contributed by atoms with Crippen LogP contribution in [0.4, 0.5) is 4.79 Å². The highest BCUT2D eigenvalue weighted by molar-refractivity contribution is 9.10. The Bertz CT molecular complexity index is 522. The van der Waals surface area contributed by atoms with Crippen LogP contribution >= 0.6 is 15.9 Å². The molecular weight excluding hydrogens is 352 g/mol. The molecule has 22 heavy (non-hydrogen) atoms. The Balaban J connectivity index is 2.33. The zero-order valence-electron chi connectivity index (χ0n) is 12.8. The van der Waals surface area contributed by atoms with Gasteiger partial charge in [-0.3, -0.25) is 4.79 Å². The van der Waals surface area contributed by atoms with E-state index in [2.05, 4.69) is 21.2 Å². The molecule has 2 N–H and O–H groups in total. The number of halogens is 1. The number of aryl methyl sites for hydroxylation is 1. The van der Waals surface area contributed by atoms with E-state index in [1.165, 1.54) is 4.90 Å². The fraction of sp³-hybridized carbons (Fsp3) is 0.467. The number of methoxy groups -OCH3 is 1. The van der Waals surface area contributed by atoms with Gasteiger partial charge in [0.2, 0.25) is 0 Å². The summed E-state index contributed by atoms with van der Waals surface area (Å²) in [6.07, 6.45) is 1.51. The molecule has 0 unspecified atom stereocenters. The topological polar surface area (TPSA) is 78.9 Å². The van der Waals surface area contributed by atoms with Crippen molar-refractivity contribution in [2.45, 2.75) is 19.3 Å². The Morgan fingerprint density at radius 2 is 2.14 bits per heavy atom. The summed E-state index contributed by atoms with van der Waals surface area (Å²) in [7, 11) is 3.21. The van der Waals surface area contributed by atoms with Crippen molar-refractivity contribution in [1.82, 2.24) is 10.2 Å². The summed E-state index contributed by atoms with van der Waals surface area (Å²) in [5.41, 5.74) is 1.08. The fourth-order valence-corrected chi connectivity index (χ4v) is 2.24. The number of urea groups is 1. The van der Waals surface area contributed by atoms with Gasteiger partial charge in [-0.15, -0.1) is 0 Å². The van der Waals surface area contributed by atoms with E-state index in [0.29, 0.717) is 6.54 Å². The van der Waals surface area contributed by atoms with Crippen LogP contribution in [-0.2, 0) is 11.2 Å². The van der Waals surface area contributed by atoms with Crippen molar-refractivity contribution in [2.75, 3.05) is 27.2 Å². The van der Waals surface area contributed by atoms with Crippen molar-refractivity contribution in [3.8, 4) is 5.75 Å². The number of nitrogens with zero attached hydrogens (tertiary/aromatic N) is 1. The van der Waals surface area contributed by atoms with Crippen LogP contribution < -0.4 is 10.1 Å². The number of hydrogen-bond acceptors (Lipinski definition) is 3. The van der Waals surface area contributed by atoms with Crippen LogP contribution in [0, 0.1) is 0 Å². The van der Waals surface area contributed by atoms with Gasteiger partial charge in [0.1, 0.15) is 5.75 Å². The molecule has 0 aliphatic rings. The summed E-state index contributed by atoms with van der Waals surface area (Å²) < 4.78 is 6.28. The largest absolute Gasteiger partial charge is 0.496 e. The number of rotatable bonds is 8. The lowest BCUT2D eigenvalue weighted by molar-refractivity contribution is -0.137. The minimum Gasteiger partial charge on any atom is -0.496 e. The predicted molar refractivity (Wildman–Crippen MR) is 87.3 cm³/mol. The molecule has 0 atom stereocenters. The molecule has 0 saturated carbocycles. The maximum atomic E-state index is 11.7. The van der Waals surface area contributed by atoms with Crippen LogP contribution in [0.1, 0.15) is 18.4 Å². The Morgan fingerprint density at radius 3 is 2.77 bits per heavy atom. The molecule has 0 aliphatic heterocycles. The van der Waals surface area contributed by atoms with Crippen LogP contribution in [0.25, 0.3) is 0 Å². The SMILES string of the molecule is COc1cc(Br)ccc1CCCNC(=O)N(C)CCC(=O)O. The molecule has 1 aromatic carbocycles. The number of aliphatic carboxylic acids is 1. The normalized spacial score (nSPS) is 10.1. The number of hydrogen-bond donors (Lipinski definition) is 2. The second kappa shape index (κ2) is 9.30. The molecule has 0 heterocycles. The Hall–Kier alpha value is -1.76. The van der Waals surface area contributed by atoms with E-state index < -0.39 is 5.97 Å². The summed E-state index contributed by atoms with van der Waals surface area (Å²) in [6.45, 7) is 0.719. The molecule has 7 heteroatoms. The molecule has 6 nitrogen and oxygen atoms in total. The minimum atomic E-state index is -0.915. The average molecular weight is 373 g/mol. The second-order valence-electron chi connectivity index (χ2n) is 4.86. The molecule has 0 bridgehead atoms. The minimum absolute atomic E-state index is 0.0555. The summed E-state index contributed by atoms with van der Waals surface area (Å²) in [4.78, 5) is 23.5. The zero-order chi connectivity index (χ0) is 16.5. The Labute approximate surface area is 138 Å². The number of carbonyl (C=O) groups is 2. The van der Waals surface area contributed by atoms with E-state index in [-0.39, 0.29) is 19.0 Å². The monoisotopic (exact) mass is 372 g/mol. The number of benzene rings is 1. The number of carbonyl (C=O) groups excluding carboxylic acids is 1. The molecule has 0 spiro atoms. The van der Waals surface area contributed by atoms with Crippen molar-refractivity contribution in [3.63, 3.8) is 0 Å². The molecular formula is C15H21BrN2O4. The fourth-order valence-electron chi connectivity index (χ4n) is 1.90. The highest BCUT2D eigenvalue weighted by Crippen LogP contribution is 2.24. The van der Waals surface area contributed by atoms with E-state index in [1.807, 2.05) is 18.2 Å². The first kappa shape index (κ1) is 18.3. The molecule has 122 valence electrons. The lowest BCUT2D eigenvalue weighted by atomic mass is 10.1. The first-order valence-electron chi connectivity index (χ1n) is 6.97. The first-order chi connectivity index (χ1) is 10.4. The third kappa shape index (κ3) is 6.34. The third-order valence-electron chi connectivity index (χ3n) is 3.16. The maximum absolute atomic E-state index is 11.7. The van der Waals surface area contributed by atoms with Crippen LogP contribution in [0.5, 0.6) is 5.75 Å². The number of carboxylic acid groups (broad SMARTS) is 1. The van der Waals surface area contributed by atoms with Gasteiger partial charge in [-0.25, -0.2) is 4.79 Å². The smallest absolute Gasteiger partial charge is 0.317 e. The van der Waals surface area contributed by atoms with Gasteiger partial charge in [0.15, 0.2) is 0 Å². The van der Waals surface area contributed by atoms with Crippen molar-refractivity contribution >= 4 is 27.9 Å². The number of amides is 2. The van der Waals surface area contributed by atoms with Gasteiger partial charge in [0.25, 0.3) is 0 Å². The van der Waals surface area contributed by atoms with Gasteiger partial charge in [-0.1, -0.05) is 22.0 Å². The molecule has 0 saturated heterocycles. The van der Waals surface area contributed by atoms with Gasteiger partial charge in [0.05, 0.1) is 13.5 Å². The molecule has 1 rings (SSSR count). The summed E-state index contributed by atoms with van der Waals surface area (Å²) in [5.74, 6) is -0.0961. The van der Waals surface area contributed by atoms with Crippen molar-refractivity contribution in [2.24, 2.45) is 0 Å². The number of ether oxygens (including phenoxy) is 1. The van der Waals surface area contributed by atoms with Crippen molar-refractivity contribution in [3.05, 3.63) is 28.2 Å². The zero-order valence-corrected chi connectivity index (χ0v) is 14.4. The second-order valence-corrected chi connectivity index (χ2v) is 5.77. The van der Waals surface area contributed by atoms with Gasteiger partial charge in [-0.05, 0) is 30.5 Å². The lowest BCUT2D eigenvalue weighted by Gasteiger charge is -2.17. The summed E-state index contributed by atoms with van der Waals surface area (Å²) in [5, 5.41) is 11.3. The van der Waals surface area contributed by atoms with E-state index in [4.69, 9.17) is 9.84 Å². The Morgan fingerprint density at radius 1 is 1.41 bits per heavy atom. The highest BCUT2D eigenvalue weighted by Gasteiger charge is 2.09. The quantitative estimate of drug-likeness (QED) is 0.687. The molecule has 0 radical (unpaired) electrons. The maximum Gasteiger partial charge on any atom is 0.317 e. The molecule has 0 aromatic heterocycles. The van der Waals surface area contributed by atoms with Gasteiger partial charge < -0.3 is 20.1 Å². The number of nitrogens with one attached hydrogen (secondary N) is 1. The Kier molecular flexibility index (Phi) is 7.73. The first-order valence-corrected chi connectivity index (χ1v) is 7.76. The van der Waals surface area contributed by atoms with Crippen LogP contribution in [0.15, 0.2) is 22.7 Å². The average Bonchev–Trinajstić information content (AvgIpc) is 2.49. The third-order valence-corrected chi connectivity index (χ3v) is 3.65. The van der Waals surface area contributed by atoms with Crippen LogP contribution in [0.3, 0.4) is 0 Å². The lowest BCUT2D eigenvalue weighted by Crippen LogP contribution is -2.38. The van der Waals surface area contributed by atoms with Gasteiger partial charge in [-0.2, -0.15) is 0 Å². The van der Waals surface area contributed by atoms with E-state index in [1.54, 1.807) is 14.2 Å². The van der Waals surface area contributed by atoms with E-state index >= 15 is 0 Å². The number of carboxylic acids is 1.